The summed E-state index contributed by atoms with van der Waals surface area (Å²) in [5, 5.41) is 2.87. The van der Waals surface area contributed by atoms with E-state index in [1.807, 2.05) is 39.0 Å². The molecule has 0 fully saturated rings. The van der Waals surface area contributed by atoms with Crippen molar-refractivity contribution in [2.45, 2.75) is 20.8 Å². The highest BCUT2D eigenvalue weighted by Gasteiger charge is 2.23. The minimum absolute atomic E-state index is 0.0718. The van der Waals surface area contributed by atoms with E-state index in [2.05, 4.69) is 5.32 Å². The highest BCUT2D eigenvalue weighted by molar-refractivity contribution is 6.05. The maximum Gasteiger partial charge on any atom is 0.257 e. The molecule has 0 saturated heterocycles. The molecule has 5 heteroatoms. The largest absolute Gasteiger partial charge is 0.491 e. The molecule has 0 atom stereocenters. The van der Waals surface area contributed by atoms with Gasteiger partial charge in [-0.2, -0.15) is 0 Å². The average Bonchev–Trinajstić information content (AvgIpc) is 2.73. The number of hydrogen-bond acceptors (Lipinski definition) is 3. The van der Waals surface area contributed by atoms with Crippen molar-refractivity contribution in [3.8, 4) is 5.75 Å². The molecule has 0 aliphatic carbocycles. The summed E-state index contributed by atoms with van der Waals surface area (Å²) >= 11 is 0. The van der Waals surface area contributed by atoms with Crippen molar-refractivity contribution in [3.05, 3.63) is 58.7 Å². The number of aryl methyl sites for hydroxylation is 2. The smallest absolute Gasteiger partial charge is 0.257 e. The van der Waals surface area contributed by atoms with Crippen LogP contribution in [0.4, 0.5) is 5.69 Å². The first-order valence-electron chi connectivity index (χ1n) is 8.43. The summed E-state index contributed by atoms with van der Waals surface area (Å²) < 4.78 is 5.65. The van der Waals surface area contributed by atoms with Crippen LogP contribution in [-0.4, -0.2) is 36.4 Å². The molecule has 5 nitrogen and oxygen atoms in total. The highest BCUT2D eigenvalue weighted by atomic mass is 16.5. The summed E-state index contributed by atoms with van der Waals surface area (Å²) in [5.41, 5.74) is 3.74. The van der Waals surface area contributed by atoms with Gasteiger partial charge in [-0.15, -0.1) is 0 Å². The van der Waals surface area contributed by atoms with E-state index < -0.39 is 0 Å². The fourth-order valence-corrected chi connectivity index (χ4v) is 3.05. The number of carbonyl (C=O) groups excluding carboxylic acids is 2. The number of benzene rings is 2. The lowest BCUT2D eigenvalue weighted by atomic mass is 10.1. The maximum absolute atomic E-state index is 12.6. The second-order valence-electron chi connectivity index (χ2n) is 6.27. The number of likely N-dealkylation sites (N-methyl/N-ethyl adjacent to an activating group) is 1. The number of nitrogens with one attached hydrogen (secondary N) is 1. The number of anilines is 1. The summed E-state index contributed by atoms with van der Waals surface area (Å²) in [4.78, 5) is 26.9. The molecule has 0 bridgehead atoms. The first-order valence-corrected chi connectivity index (χ1v) is 8.43. The molecule has 1 aliphatic rings. The van der Waals surface area contributed by atoms with E-state index in [-0.39, 0.29) is 11.8 Å². The van der Waals surface area contributed by atoms with E-state index in [9.17, 15) is 9.59 Å². The van der Waals surface area contributed by atoms with E-state index in [1.165, 1.54) is 0 Å². The first kappa shape index (κ1) is 17.0. The lowest BCUT2D eigenvalue weighted by molar-refractivity contribution is 0.0764. The third-order valence-corrected chi connectivity index (χ3v) is 4.24. The molecule has 3 rings (SSSR count). The molecule has 1 aliphatic heterocycles. The van der Waals surface area contributed by atoms with Crippen molar-refractivity contribution in [1.29, 1.82) is 0 Å². The zero-order chi connectivity index (χ0) is 18.0. The second-order valence-corrected chi connectivity index (χ2v) is 6.27. The molecule has 25 heavy (non-hydrogen) atoms. The number of hydrogen-bond donors (Lipinski definition) is 1. The quantitative estimate of drug-likeness (QED) is 0.933. The lowest BCUT2D eigenvalue weighted by Crippen LogP contribution is -2.32. The van der Waals surface area contributed by atoms with E-state index >= 15 is 0 Å². The normalized spacial score (nSPS) is 13.7. The van der Waals surface area contributed by atoms with Crippen molar-refractivity contribution in [2.75, 3.05) is 25.0 Å². The molecular formula is C20H22N2O3. The van der Waals surface area contributed by atoms with Gasteiger partial charge in [-0.3, -0.25) is 9.59 Å². The topological polar surface area (TPSA) is 58.6 Å². The number of rotatable bonds is 3. The minimum Gasteiger partial charge on any atom is -0.491 e. The van der Waals surface area contributed by atoms with Crippen LogP contribution < -0.4 is 10.1 Å². The Morgan fingerprint density at radius 1 is 1.16 bits per heavy atom. The van der Waals surface area contributed by atoms with Gasteiger partial charge in [-0.1, -0.05) is 17.2 Å². The lowest BCUT2D eigenvalue weighted by Gasteiger charge is -2.17. The number of ether oxygens (including phenoxy) is 1. The van der Waals surface area contributed by atoms with Crippen LogP contribution in [0.15, 0.2) is 36.4 Å². The number of nitrogens with zero attached hydrogens (tertiary/aromatic N) is 1. The van der Waals surface area contributed by atoms with Crippen LogP contribution in [0.1, 0.15) is 38.8 Å². The summed E-state index contributed by atoms with van der Waals surface area (Å²) in [5.74, 6) is 0.295. The Kier molecular flexibility index (Phi) is 4.74. The molecule has 2 aromatic rings. The van der Waals surface area contributed by atoms with Crippen LogP contribution in [0.5, 0.6) is 5.75 Å². The molecule has 0 saturated carbocycles. The Bertz CT molecular complexity index is 809. The fraction of sp³-hybridized carbons (Fsp3) is 0.300. The van der Waals surface area contributed by atoms with Gasteiger partial charge in [0.2, 0.25) is 0 Å². The molecule has 0 spiro atoms. The minimum atomic E-state index is -0.193. The Balaban J connectivity index is 1.87. The Morgan fingerprint density at radius 3 is 2.56 bits per heavy atom. The van der Waals surface area contributed by atoms with Gasteiger partial charge in [0.1, 0.15) is 12.4 Å². The van der Waals surface area contributed by atoms with Crippen molar-refractivity contribution < 1.29 is 14.3 Å². The first-order chi connectivity index (χ1) is 12.0. The van der Waals surface area contributed by atoms with Gasteiger partial charge in [0, 0.05) is 17.8 Å². The molecular weight excluding hydrogens is 316 g/mol. The summed E-state index contributed by atoms with van der Waals surface area (Å²) in [7, 11) is 0. The molecule has 2 aromatic carbocycles. The van der Waals surface area contributed by atoms with Gasteiger partial charge in [0.05, 0.1) is 12.1 Å². The highest BCUT2D eigenvalue weighted by Crippen LogP contribution is 2.26. The summed E-state index contributed by atoms with van der Waals surface area (Å²) in [6, 6.07) is 10.9. The SMILES string of the molecule is CCN1CCOc2ccc(NC(=O)c3cc(C)cc(C)c3)cc2C1=O. The van der Waals surface area contributed by atoms with Crippen LogP contribution in [0.2, 0.25) is 0 Å². The number of fused-ring (bicyclic) bond motifs is 1. The van der Waals surface area contributed by atoms with Gasteiger partial charge < -0.3 is 15.0 Å². The monoisotopic (exact) mass is 338 g/mol. The third-order valence-electron chi connectivity index (χ3n) is 4.24. The van der Waals surface area contributed by atoms with Crippen LogP contribution in [0, 0.1) is 13.8 Å². The van der Waals surface area contributed by atoms with E-state index in [4.69, 9.17) is 4.74 Å². The molecule has 2 amide bonds. The average molecular weight is 338 g/mol. The molecule has 0 radical (unpaired) electrons. The van der Waals surface area contributed by atoms with Gasteiger partial charge in [0.15, 0.2) is 0 Å². The van der Waals surface area contributed by atoms with Crippen LogP contribution in [-0.2, 0) is 0 Å². The fourth-order valence-electron chi connectivity index (χ4n) is 3.05. The standard InChI is InChI=1S/C20H22N2O3/c1-4-22-7-8-25-18-6-5-16(12-17(18)20(22)24)21-19(23)15-10-13(2)9-14(3)11-15/h5-6,9-12H,4,7-8H2,1-3H3,(H,21,23). The predicted octanol–water partition coefficient (Wildman–Crippen LogP) is 3.41. The Morgan fingerprint density at radius 2 is 1.88 bits per heavy atom. The van der Waals surface area contributed by atoms with E-state index in [0.29, 0.717) is 42.3 Å². The van der Waals surface area contributed by atoms with Crippen LogP contribution >= 0.6 is 0 Å². The number of carbonyl (C=O) groups is 2. The van der Waals surface area contributed by atoms with Gasteiger partial charge in [0.25, 0.3) is 11.8 Å². The molecule has 0 aromatic heterocycles. The van der Waals surface area contributed by atoms with Crippen molar-refractivity contribution in [1.82, 2.24) is 4.90 Å². The van der Waals surface area contributed by atoms with Gasteiger partial charge in [-0.05, 0) is 51.1 Å². The Labute approximate surface area is 147 Å². The van der Waals surface area contributed by atoms with Gasteiger partial charge in [-0.25, -0.2) is 0 Å². The zero-order valence-corrected chi connectivity index (χ0v) is 14.8. The molecule has 1 heterocycles. The number of amides is 2. The predicted molar refractivity (Wildman–Crippen MR) is 97.4 cm³/mol. The molecule has 0 unspecified atom stereocenters. The van der Waals surface area contributed by atoms with Crippen LogP contribution in [0.25, 0.3) is 0 Å². The van der Waals surface area contributed by atoms with Crippen molar-refractivity contribution >= 4 is 17.5 Å². The van der Waals surface area contributed by atoms with E-state index in [1.54, 1.807) is 23.1 Å². The third kappa shape index (κ3) is 3.65. The van der Waals surface area contributed by atoms with Crippen molar-refractivity contribution in [2.24, 2.45) is 0 Å². The summed E-state index contributed by atoms with van der Waals surface area (Å²) in [6.45, 7) is 7.52. The molecule has 1 N–H and O–H groups in total. The zero-order valence-electron chi connectivity index (χ0n) is 14.8. The van der Waals surface area contributed by atoms with Gasteiger partial charge >= 0.3 is 0 Å². The maximum atomic E-state index is 12.6. The Hall–Kier alpha value is -2.82. The summed E-state index contributed by atoms with van der Waals surface area (Å²) in [6.07, 6.45) is 0. The molecule has 130 valence electrons. The van der Waals surface area contributed by atoms with Crippen LogP contribution in [0.3, 0.4) is 0 Å². The van der Waals surface area contributed by atoms with Crippen molar-refractivity contribution in [3.63, 3.8) is 0 Å². The second kappa shape index (κ2) is 6.97. The van der Waals surface area contributed by atoms with E-state index in [0.717, 1.165) is 11.1 Å².